The Balaban J connectivity index is 2.07. The minimum absolute atomic E-state index is 0.0380. The predicted molar refractivity (Wildman–Crippen MR) is 82.7 cm³/mol. The molecule has 7 heteroatoms. The van der Waals surface area contributed by atoms with Crippen LogP contribution in [0.25, 0.3) is 11.0 Å². The molecule has 1 aromatic carbocycles. The van der Waals surface area contributed by atoms with Crippen LogP contribution in [-0.4, -0.2) is 24.0 Å². The van der Waals surface area contributed by atoms with E-state index in [0.29, 0.717) is 11.1 Å². The molecule has 1 heterocycles. The van der Waals surface area contributed by atoms with Gasteiger partial charge in [-0.25, -0.2) is 4.79 Å². The molecule has 7 nitrogen and oxygen atoms in total. The van der Waals surface area contributed by atoms with E-state index >= 15 is 0 Å². The van der Waals surface area contributed by atoms with Gasteiger partial charge in [0.05, 0.1) is 12.7 Å². The number of primary amides is 1. The van der Waals surface area contributed by atoms with Crippen molar-refractivity contribution in [2.75, 3.05) is 0 Å². The Hall–Kier alpha value is -2.83. The van der Waals surface area contributed by atoms with Crippen molar-refractivity contribution in [3.8, 4) is 0 Å². The number of carbonyl (C=O) groups is 3. The zero-order chi connectivity index (χ0) is 17.1. The summed E-state index contributed by atoms with van der Waals surface area (Å²) in [4.78, 5) is 34.0. The number of carbonyl (C=O) groups excluding carboxylic acids is 3. The van der Waals surface area contributed by atoms with Gasteiger partial charge in [0.15, 0.2) is 6.10 Å². The summed E-state index contributed by atoms with van der Waals surface area (Å²) in [6, 6.07) is 2.85. The quantitative estimate of drug-likeness (QED) is 0.834. The summed E-state index contributed by atoms with van der Waals surface area (Å²) in [5.41, 5.74) is 8.38. The van der Waals surface area contributed by atoms with E-state index in [-0.39, 0.29) is 6.42 Å². The Morgan fingerprint density at radius 2 is 1.91 bits per heavy atom. The van der Waals surface area contributed by atoms with Crippen LogP contribution in [0, 0.1) is 13.8 Å². The van der Waals surface area contributed by atoms with Crippen LogP contribution < -0.4 is 11.1 Å². The van der Waals surface area contributed by atoms with Crippen molar-refractivity contribution in [2.24, 2.45) is 5.73 Å². The van der Waals surface area contributed by atoms with Gasteiger partial charge in [-0.1, -0.05) is 0 Å². The molecule has 0 radical (unpaired) electrons. The molecule has 0 saturated carbocycles. The van der Waals surface area contributed by atoms with E-state index in [1.165, 1.54) is 13.2 Å². The average molecular weight is 318 g/mol. The largest absolute Gasteiger partial charge is 0.464 e. The number of hydrogen-bond donors (Lipinski definition) is 2. The lowest BCUT2D eigenvalue weighted by atomic mass is 10.0. The molecule has 0 aliphatic carbocycles. The van der Waals surface area contributed by atoms with Gasteiger partial charge in [-0.15, -0.1) is 0 Å². The number of fused-ring (bicyclic) bond motifs is 1. The molecule has 1 unspecified atom stereocenters. The SMILES string of the molecule is Cc1cc2occ(CC(=O)OC(C)C(=O)NC(N)=O)c2cc1C. The molecular weight excluding hydrogens is 300 g/mol. The maximum atomic E-state index is 11.9. The Labute approximate surface area is 132 Å². The summed E-state index contributed by atoms with van der Waals surface area (Å²) in [6.07, 6.45) is 0.347. The van der Waals surface area contributed by atoms with Crippen molar-refractivity contribution in [1.82, 2.24) is 5.32 Å². The number of ether oxygens (including phenoxy) is 1. The summed E-state index contributed by atoms with van der Waals surface area (Å²) in [7, 11) is 0. The van der Waals surface area contributed by atoms with Crippen molar-refractivity contribution in [2.45, 2.75) is 33.3 Å². The smallest absolute Gasteiger partial charge is 0.318 e. The molecule has 122 valence electrons. The third-order valence-corrected chi connectivity index (χ3v) is 3.53. The number of amides is 3. The van der Waals surface area contributed by atoms with Gasteiger partial charge in [0.2, 0.25) is 0 Å². The minimum atomic E-state index is -1.11. The van der Waals surface area contributed by atoms with Crippen molar-refractivity contribution in [1.29, 1.82) is 0 Å². The normalized spacial score (nSPS) is 12.0. The van der Waals surface area contributed by atoms with E-state index in [4.69, 9.17) is 14.9 Å². The number of hydrogen-bond acceptors (Lipinski definition) is 5. The highest BCUT2D eigenvalue weighted by molar-refractivity contribution is 5.96. The number of imide groups is 1. The molecule has 0 spiro atoms. The standard InChI is InChI=1S/C16H18N2O5/c1-8-4-12-11(7-22-13(12)5-9(8)2)6-14(19)23-10(3)15(20)18-16(17)21/h4-5,7,10H,6H2,1-3H3,(H3,17,18,20,21). The molecule has 0 saturated heterocycles. The second-order valence-electron chi connectivity index (χ2n) is 5.36. The summed E-state index contributed by atoms with van der Waals surface area (Å²) in [6.45, 7) is 5.31. The Bertz CT molecular complexity index is 778. The first-order chi connectivity index (χ1) is 10.8. The highest BCUT2D eigenvalue weighted by Gasteiger charge is 2.20. The number of nitrogens with two attached hydrogens (primary N) is 1. The molecule has 3 amide bonds. The predicted octanol–water partition coefficient (Wildman–Crippen LogP) is 1.72. The van der Waals surface area contributed by atoms with E-state index in [0.717, 1.165) is 16.5 Å². The first-order valence-electron chi connectivity index (χ1n) is 7.05. The summed E-state index contributed by atoms with van der Waals surface area (Å²) in [5.74, 6) is -1.37. The number of esters is 1. The molecule has 2 aromatic rings. The lowest BCUT2D eigenvalue weighted by Gasteiger charge is -2.11. The maximum absolute atomic E-state index is 11.9. The highest BCUT2D eigenvalue weighted by atomic mass is 16.5. The Morgan fingerprint density at radius 1 is 1.26 bits per heavy atom. The van der Waals surface area contributed by atoms with Crippen LogP contribution in [0.15, 0.2) is 22.8 Å². The molecule has 3 N–H and O–H groups in total. The van der Waals surface area contributed by atoms with Crippen LogP contribution in [0.2, 0.25) is 0 Å². The fourth-order valence-electron chi connectivity index (χ4n) is 2.14. The van der Waals surface area contributed by atoms with Crippen LogP contribution in [0.3, 0.4) is 0 Å². The van der Waals surface area contributed by atoms with Crippen LogP contribution in [0.1, 0.15) is 23.6 Å². The molecule has 2 rings (SSSR count). The summed E-state index contributed by atoms with van der Waals surface area (Å²) in [5, 5.41) is 2.69. The van der Waals surface area contributed by atoms with E-state index in [9.17, 15) is 14.4 Å². The van der Waals surface area contributed by atoms with Crippen LogP contribution in [0.4, 0.5) is 4.79 Å². The first-order valence-corrected chi connectivity index (χ1v) is 7.05. The number of urea groups is 1. The van der Waals surface area contributed by atoms with Gasteiger partial charge in [-0.2, -0.15) is 0 Å². The third-order valence-electron chi connectivity index (χ3n) is 3.53. The topological polar surface area (TPSA) is 112 Å². The summed E-state index contributed by atoms with van der Waals surface area (Å²) < 4.78 is 10.4. The fourth-order valence-corrected chi connectivity index (χ4v) is 2.14. The monoisotopic (exact) mass is 318 g/mol. The zero-order valence-electron chi connectivity index (χ0n) is 13.1. The van der Waals surface area contributed by atoms with Crippen molar-refractivity contribution in [3.05, 3.63) is 35.1 Å². The van der Waals surface area contributed by atoms with Crippen LogP contribution in [-0.2, 0) is 20.7 Å². The Morgan fingerprint density at radius 3 is 2.57 bits per heavy atom. The fraction of sp³-hybridized carbons (Fsp3) is 0.312. The number of aryl methyl sites for hydroxylation is 2. The lowest BCUT2D eigenvalue weighted by Crippen LogP contribution is -2.42. The molecule has 1 aromatic heterocycles. The van der Waals surface area contributed by atoms with Gasteiger partial charge >= 0.3 is 12.0 Å². The number of furan rings is 1. The number of rotatable bonds is 4. The second kappa shape index (κ2) is 6.51. The number of nitrogens with one attached hydrogen (secondary N) is 1. The lowest BCUT2D eigenvalue weighted by molar-refractivity contribution is -0.153. The molecule has 23 heavy (non-hydrogen) atoms. The van der Waals surface area contributed by atoms with Crippen molar-refractivity contribution in [3.63, 3.8) is 0 Å². The van der Waals surface area contributed by atoms with Crippen LogP contribution in [0.5, 0.6) is 0 Å². The molecule has 0 fully saturated rings. The van der Waals surface area contributed by atoms with Crippen LogP contribution >= 0.6 is 0 Å². The molecule has 0 aliphatic heterocycles. The maximum Gasteiger partial charge on any atom is 0.318 e. The van der Waals surface area contributed by atoms with E-state index in [2.05, 4.69) is 0 Å². The zero-order valence-corrected chi connectivity index (χ0v) is 13.1. The first kappa shape index (κ1) is 16.5. The minimum Gasteiger partial charge on any atom is -0.464 e. The van der Waals surface area contributed by atoms with Gasteiger partial charge in [0.25, 0.3) is 5.91 Å². The molecular formula is C16H18N2O5. The van der Waals surface area contributed by atoms with Crippen molar-refractivity contribution >= 4 is 28.9 Å². The van der Waals surface area contributed by atoms with E-state index < -0.39 is 24.0 Å². The number of benzene rings is 1. The highest BCUT2D eigenvalue weighted by Crippen LogP contribution is 2.25. The van der Waals surface area contributed by atoms with E-state index in [1.807, 2.05) is 31.3 Å². The van der Waals surface area contributed by atoms with Gasteiger partial charge in [-0.3, -0.25) is 14.9 Å². The Kier molecular flexibility index (Phi) is 4.68. The van der Waals surface area contributed by atoms with Gasteiger partial charge in [-0.05, 0) is 44.0 Å². The second-order valence-corrected chi connectivity index (χ2v) is 5.36. The van der Waals surface area contributed by atoms with Gasteiger partial charge < -0.3 is 14.9 Å². The molecule has 1 atom stereocenters. The van der Waals surface area contributed by atoms with Gasteiger partial charge in [0, 0.05) is 10.9 Å². The van der Waals surface area contributed by atoms with Gasteiger partial charge in [0.1, 0.15) is 5.58 Å². The third kappa shape index (κ3) is 3.88. The molecule has 0 bridgehead atoms. The average Bonchev–Trinajstić information content (AvgIpc) is 2.80. The summed E-state index contributed by atoms with van der Waals surface area (Å²) >= 11 is 0. The molecule has 0 aliphatic rings. The van der Waals surface area contributed by atoms with E-state index in [1.54, 1.807) is 0 Å². The van der Waals surface area contributed by atoms with Crippen molar-refractivity contribution < 1.29 is 23.5 Å².